The summed E-state index contributed by atoms with van der Waals surface area (Å²) in [6.45, 7) is 15.3. The predicted molar refractivity (Wildman–Crippen MR) is 85.6 cm³/mol. The minimum atomic E-state index is 0.112. The summed E-state index contributed by atoms with van der Waals surface area (Å²) in [7, 11) is 0. The summed E-state index contributed by atoms with van der Waals surface area (Å²) < 4.78 is 0. The highest BCUT2D eigenvalue weighted by atomic mass is 14.7. The van der Waals surface area contributed by atoms with E-state index in [4.69, 9.17) is 0 Å². The van der Waals surface area contributed by atoms with E-state index >= 15 is 0 Å². The molecule has 0 saturated carbocycles. The van der Waals surface area contributed by atoms with E-state index in [1.165, 1.54) is 16.5 Å². The van der Waals surface area contributed by atoms with Crippen molar-refractivity contribution in [2.24, 2.45) is 5.41 Å². The first-order valence-corrected chi connectivity index (χ1v) is 6.93. The third kappa shape index (κ3) is 5.42. The van der Waals surface area contributed by atoms with E-state index in [0.29, 0.717) is 5.41 Å². The van der Waals surface area contributed by atoms with Crippen LogP contribution in [0.1, 0.15) is 54.2 Å². The molecular formula is C18H27N. The lowest BCUT2D eigenvalue weighted by Crippen LogP contribution is -2.13. The summed E-state index contributed by atoms with van der Waals surface area (Å²) >= 11 is 0. The van der Waals surface area contributed by atoms with Gasteiger partial charge in [0.15, 0.2) is 0 Å². The van der Waals surface area contributed by atoms with Gasteiger partial charge >= 0.3 is 0 Å². The van der Waals surface area contributed by atoms with Crippen molar-refractivity contribution in [2.75, 3.05) is 0 Å². The molecule has 0 N–H and O–H groups in total. The summed E-state index contributed by atoms with van der Waals surface area (Å²) in [4.78, 5) is 4.48. The third-order valence-electron chi connectivity index (χ3n) is 2.38. The molecule has 0 bridgehead atoms. The largest absolute Gasteiger partial charge is 0.260 e. The fourth-order valence-corrected chi connectivity index (χ4v) is 1.72. The second-order valence-corrected chi connectivity index (χ2v) is 7.63. The summed E-state index contributed by atoms with van der Waals surface area (Å²) in [6.07, 6.45) is 1.89. The van der Waals surface area contributed by atoms with Gasteiger partial charge in [0.25, 0.3) is 0 Å². The van der Waals surface area contributed by atoms with Crippen molar-refractivity contribution in [1.82, 2.24) is 4.98 Å². The highest BCUT2D eigenvalue weighted by molar-refractivity contribution is 5.85. The van der Waals surface area contributed by atoms with Crippen LogP contribution in [0.5, 0.6) is 0 Å². The quantitative estimate of drug-likeness (QED) is 0.600. The Hall–Kier alpha value is -1.37. The van der Waals surface area contributed by atoms with Crippen molar-refractivity contribution >= 4 is 10.8 Å². The van der Waals surface area contributed by atoms with E-state index in [1.54, 1.807) is 0 Å². The standard InChI is InChI=1S/C13H15N.C5H12/c1-13(2,3)12-11-7-5-4-6-10(11)8-9-14-12;1-5(2,3)4/h4-9H,1-3H3;1-4H3. The molecule has 1 heteroatoms. The molecule has 0 spiro atoms. The van der Waals surface area contributed by atoms with E-state index in [0.717, 1.165) is 0 Å². The molecule has 2 rings (SSSR count). The normalized spacial score (nSPS) is 11.9. The Bertz CT molecular complexity index is 516. The minimum Gasteiger partial charge on any atom is -0.260 e. The van der Waals surface area contributed by atoms with Gasteiger partial charge in [-0.25, -0.2) is 0 Å². The lowest BCUT2D eigenvalue weighted by Gasteiger charge is -2.19. The molecule has 0 fully saturated rings. The Kier molecular flexibility index (Phi) is 4.73. The molecule has 1 nitrogen and oxygen atoms in total. The van der Waals surface area contributed by atoms with Crippen LogP contribution in [0.2, 0.25) is 0 Å². The molecule has 0 aliphatic rings. The average Bonchev–Trinajstić information content (AvgIpc) is 2.25. The van der Waals surface area contributed by atoms with Gasteiger partial charge in [-0.3, -0.25) is 4.98 Å². The molecule has 0 atom stereocenters. The Labute approximate surface area is 118 Å². The average molecular weight is 257 g/mol. The molecule has 1 aromatic heterocycles. The summed E-state index contributed by atoms with van der Waals surface area (Å²) in [5.41, 5.74) is 1.79. The maximum Gasteiger partial charge on any atom is 0.0535 e. The van der Waals surface area contributed by atoms with Crippen LogP contribution in [0.25, 0.3) is 10.8 Å². The predicted octanol–water partition coefficient (Wildman–Crippen LogP) is 5.58. The van der Waals surface area contributed by atoms with Crippen LogP contribution in [0, 0.1) is 5.41 Å². The fourth-order valence-electron chi connectivity index (χ4n) is 1.72. The fraction of sp³-hybridized carbons (Fsp3) is 0.500. The third-order valence-corrected chi connectivity index (χ3v) is 2.38. The molecule has 2 aromatic rings. The first-order chi connectivity index (χ1) is 8.59. The van der Waals surface area contributed by atoms with Crippen LogP contribution in [-0.4, -0.2) is 4.98 Å². The molecule has 0 amide bonds. The zero-order valence-corrected chi connectivity index (χ0v) is 13.4. The van der Waals surface area contributed by atoms with Crippen LogP contribution in [0.4, 0.5) is 0 Å². The maximum absolute atomic E-state index is 4.48. The van der Waals surface area contributed by atoms with Gasteiger partial charge in [-0.05, 0) is 16.9 Å². The number of nitrogens with zero attached hydrogens (tertiary/aromatic N) is 1. The highest BCUT2D eigenvalue weighted by Gasteiger charge is 2.17. The summed E-state index contributed by atoms with van der Waals surface area (Å²) in [6, 6.07) is 10.5. The minimum absolute atomic E-state index is 0.112. The lowest BCUT2D eigenvalue weighted by molar-refractivity contribution is 0.469. The Balaban J connectivity index is 0.000000312. The SMILES string of the molecule is CC(C)(C)C.CC(C)(C)c1nccc2ccccc12. The summed E-state index contributed by atoms with van der Waals surface area (Å²) in [5, 5.41) is 2.54. The van der Waals surface area contributed by atoms with Gasteiger partial charge in [0.2, 0.25) is 0 Å². The highest BCUT2D eigenvalue weighted by Crippen LogP contribution is 2.27. The zero-order chi connectivity index (χ0) is 14.7. The Morgan fingerprint density at radius 2 is 1.32 bits per heavy atom. The number of aromatic nitrogens is 1. The number of fused-ring (bicyclic) bond motifs is 1. The first kappa shape index (κ1) is 15.7. The molecule has 104 valence electrons. The van der Waals surface area contributed by atoms with Crippen molar-refractivity contribution in [3.8, 4) is 0 Å². The van der Waals surface area contributed by atoms with Crippen LogP contribution in [0.3, 0.4) is 0 Å². The van der Waals surface area contributed by atoms with E-state index < -0.39 is 0 Å². The molecule has 19 heavy (non-hydrogen) atoms. The van der Waals surface area contributed by atoms with Gasteiger partial charge in [-0.15, -0.1) is 0 Å². The number of pyridine rings is 1. The summed E-state index contributed by atoms with van der Waals surface area (Å²) in [5.74, 6) is 0. The van der Waals surface area contributed by atoms with Crippen LogP contribution in [-0.2, 0) is 5.41 Å². The lowest BCUT2D eigenvalue weighted by atomic mass is 9.88. The monoisotopic (exact) mass is 257 g/mol. The van der Waals surface area contributed by atoms with E-state index in [2.05, 4.69) is 83.8 Å². The van der Waals surface area contributed by atoms with Gasteiger partial charge in [0.05, 0.1) is 5.69 Å². The van der Waals surface area contributed by atoms with Crippen molar-refractivity contribution < 1.29 is 0 Å². The van der Waals surface area contributed by atoms with Crippen LogP contribution < -0.4 is 0 Å². The molecule has 0 aliphatic heterocycles. The number of benzene rings is 1. The smallest absolute Gasteiger partial charge is 0.0535 e. The van der Waals surface area contributed by atoms with Gasteiger partial charge in [-0.2, -0.15) is 0 Å². The van der Waals surface area contributed by atoms with Crippen molar-refractivity contribution in [3.05, 3.63) is 42.2 Å². The van der Waals surface area contributed by atoms with Crippen molar-refractivity contribution in [3.63, 3.8) is 0 Å². The molecule has 0 unspecified atom stereocenters. The van der Waals surface area contributed by atoms with Gasteiger partial charge in [-0.1, -0.05) is 72.7 Å². The molecule has 0 radical (unpaired) electrons. The van der Waals surface area contributed by atoms with E-state index in [-0.39, 0.29) is 5.41 Å². The Morgan fingerprint density at radius 1 is 0.789 bits per heavy atom. The maximum atomic E-state index is 4.48. The number of rotatable bonds is 0. The number of hydrogen-bond acceptors (Lipinski definition) is 1. The zero-order valence-electron chi connectivity index (χ0n) is 13.4. The molecule has 1 aromatic carbocycles. The topological polar surface area (TPSA) is 12.9 Å². The second kappa shape index (κ2) is 5.73. The van der Waals surface area contributed by atoms with Crippen molar-refractivity contribution in [2.45, 2.75) is 53.9 Å². The Morgan fingerprint density at radius 3 is 1.84 bits per heavy atom. The van der Waals surface area contributed by atoms with Gasteiger partial charge in [0, 0.05) is 17.0 Å². The van der Waals surface area contributed by atoms with Crippen LogP contribution in [0.15, 0.2) is 36.5 Å². The first-order valence-electron chi connectivity index (χ1n) is 6.93. The van der Waals surface area contributed by atoms with Gasteiger partial charge < -0.3 is 0 Å². The van der Waals surface area contributed by atoms with E-state index in [1.807, 2.05) is 6.20 Å². The molecule has 0 aliphatic carbocycles. The molecule has 1 heterocycles. The molecule has 0 saturated heterocycles. The van der Waals surface area contributed by atoms with Crippen LogP contribution >= 0.6 is 0 Å². The van der Waals surface area contributed by atoms with E-state index in [9.17, 15) is 0 Å². The molecular weight excluding hydrogens is 230 g/mol. The number of hydrogen-bond donors (Lipinski definition) is 0. The van der Waals surface area contributed by atoms with Gasteiger partial charge in [0.1, 0.15) is 0 Å². The second-order valence-electron chi connectivity index (χ2n) is 7.63. The van der Waals surface area contributed by atoms with Crippen molar-refractivity contribution in [1.29, 1.82) is 0 Å².